The van der Waals surface area contributed by atoms with Crippen molar-refractivity contribution in [2.75, 3.05) is 7.11 Å². The van der Waals surface area contributed by atoms with Crippen LogP contribution < -0.4 is 5.32 Å². The Hall–Kier alpha value is -1.81. The molecule has 1 aliphatic rings. The van der Waals surface area contributed by atoms with Gasteiger partial charge in [0.2, 0.25) is 0 Å². The number of amides is 1. The summed E-state index contributed by atoms with van der Waals surface area (Å²) in [5.41, 5.74) is 1.30. The lowest BCUT2D eigenvalue weighted by atomic mass is 9.92. The fourth-order valence-corrected chi connectivity index (χ4v) is 3.08. The average Bonchev–Trinajstić information content (AvgIpc) is 2.87. The number of hydrogen-bond donors (Lipinski definition) is 1. The van der Waals surface area contributed by atoms with Gasteiger partial charge in [0.15, 0.2) is 0 Å². The van der Waals surface area contributed by atoms with Crippen molar-refractivity contribution in [1.29, 1.82) is 0 Å². The molecule has 1 aliphatic carbocycles. The number of para-hydroxylation sites is 1. The van der Waals surface area contributed by atoms with E-state index in [0.29, 0.717) is 17.3 Å². The molecule has 0 atom stereocenters. The highest BCUT2D eigenvalue weighted by molar-refractivity contribution is 6.05. The Morgan fingerprint density at radius 3 is 2.76 bits per heavy atom. The number of carbonyl (C=O) groups is 1. The first-order valence-electron chi connectivity index (χ1n) is 7.50. The quantitative estimate of drug-likeness (QED) is 0.941. The number of carbonyl (C=O) groups excluding carboxylic acids is 1. The standard InChI is InChI=1S/C17H21NO3/c1-11-10-12-4-3-5-15(16(12)21-11)17(19)18-13-6-8-14(20-2)9-7-13/h3-5,10,13-14H,6-9H2,1-2H3,(H,18,19). The Morgan fingerprint density at radius 1 is 1.29 bits per heavy atom. The minimum atomic E-state index is -0.0455. The lowest BCUT2D eigenvalue weighted by Gasteiger charge is -2.28. The third kappa shape index (κ3) is 2.95. The highest BCUT2D eigenvalue weighted by Gasteiger charge is 2.23. The van der Waals surface area contributed by atoms with Gasteiger partial charge in [-0.15, -0.1) is 0 Å². The molecule has 1 aromatic carbocycles. The summed E-state index contributed by atoms with van der Waals surface area (Å²) in [6.45, 7) is 1.90. The molecule has 0 spiro atoms. The molecular formula is C17H21NO3. The first kappa shape index (κ1) is 14.1. The molecular weight excluding hydrogens is 266 g/mol. The molecule has 3 rings (SSSR count). The van der Waals surface area contributed by atoms with Crippen LogP contribution in [0.15, 0.2) is 28.7 Å². The Bertz CT molecular complexity index is 639. The van der Waals surface area contributed by atoms with Gasteiger partial charge in [-0.2, -0.15) is 0 Å². The average molecular weight is 287 g/mol. The van der Waals surface area contributed by atoms with E-state index >= 15 is 0 Å². The third-order valence-electron chi connectivity index (χ3n) is 4.25. The highest BCUT2D eigenvalue weighted by Crippen LogP contribution is 2.24. The lowest BCUT2D eigenvalue weighted by Crippen LogP contribution is -2.38. The van der Waals surface area contributed by atoms with Crippen molar-refractivity contribution < 1.29 is 13.9 Å². The molecule has 1 amide bonds. The third-order valence-corrected chi connectivity index (χ3v) is 4.25. The predicted molar refractivity (Wildman–Crippen MR) is 81.5 cm³/mol. The van der Waals surface area contributed by atoms with Gasteiger partial charge in [-0.25, -0.2) is 0 Å². The van der Waals surface area contributed by atoms with Crippen LogP contribution in [-0.2, 0) is 4.74 Å². The number of benzene rings is 1. The van der Waals surface area contributed by atoms with Gasteiger partial charge in [0, 0.05) is 18.5 Å². The molecule has 0 bridgehead atoms. The summed E-state index contributed by atoms with van der Waals surface area (Å²) in [5.74, 6) is 0.779. The molecule has 0 radical (unpaired) electrons. The number of furan rings is 1. The van der Waals surface area contributed by atoms with Crippen molar-refractivity contribution >= 4 is 16.9 Å². The smallest absolute Gasteiger partial charge is 0.255 e. The molecule has 0 saturated heterocycles. The summed E-state index contributed by atoms with van der Waals surface area (Å²) >= 11 is 0. The van der Waals surface area contributed by atoms with Crippen molar-refractivity contribution in [1.82, 2.24) is 5.32 Å². The normalized spacial score (nSPS) is 22.4. The van der Waals surface area contributed by atoms with Crippen molar-refractivity contribution in [2.45, 2.75) is 44.8 Å². The molecule has 4 heteroatoms. The second-order valence-corrected chi connectivity index (χ2v) is 5.76. The maximum atomic E-state index is 12.5. The minimum Gasteiger partial charge on any atom is -0.461 e. The van der Waals surface area contributed by atoms with Crippen LogP contribution in [0.5, 0.6) is 0 Å². The summed E-state index contributed by atoms with van der Waals surface area (Å²) in [4.78, 5) is 12.5. The largest absolute Gasteiger partial charge is 0.461 e. The molecule has 4 nitrogen and oxygen atoms in total. The van der Waals surface area contributed by atoms with Gasteiger partial charge in [-0.1, -0.05) is 12.1 Å². The zero-order valence-electron chi connectivity index (χ0n) is 12.5. The number of hydrogen-bond acceptors (Lipinski definition) is 3. The van der Waals surface area contributed by atoms with Crippen molar-refractivity contribution in [3.63, 3.8) is 0 Å². The van der Waals surface area contributed by atoms with Crippen LogP contribution in [0.2, 0.25) is 0 Å². The van der Waals surface area contributed by atoms with Crippen LogP contribution >= 0.6 is 0 Å². The van der Waals surface area contributed by atoms with Crippen LogP contribution in [0.3, 0.4) is 0 Å². The molecule has 0 aliphatic heterocycles. The van der Waals surface area contributed by atoms with Crippen LogP contribution in [0.1, 0.15) is 41.8 Å². The van der Waals surface area contributed by atoms with Gasteiger partial charge in [0.1, 0.15) is 11.3 Å². The molecule has 1 N–H and O–H groups in total. The molecule has 0 unspecified atom stereocenters. The summed E-state index contributed by atoms with van der Waals surface area (Å²) in [6.07, 6.45) is 4.29. The first-order valence-corrected chi connectivity index (χ1v) is 7.50. The van der Waals surface area contributed by atoms with Gasteiger partial charge in [-0.3, -0.25) is 4.79 Å². The van der Waals surface area contributed by atoms with Gasteiger partial charge < -0.3 is 14.5 Å². The van der Waals surface area contributed by atoms with E-state index in [-0.39, 0.29) is 11.9 Å². The molecule has 1 fully saturated rings. The summed E-state index contributed by atoms with van der Waals surface area (Å²) in [7, 11) is 1.75. The van der Waals surface area contributed by atoms with Crippen molar-refractivity contribution in [2.24, 2.45) is 0 Å². The first-order chi connectivity index (χ1) is 10.2. The van der Waals surface area contributed by atoms with Gasteiger partial charge >= 0.3 is 0 Å². The maximum absolute atomic E-state index is 12.5. The van der Waals surface area contributed by atoms with E-state index in [0.717, 1.165) is 36.8 Å². The van der Waals surface area contributed by atoms with E-state index in [1.54, 1.807) is 7.11 Å². The molecule has 112 valence electrons. The van der Waals surface area contributed by atoms with Gasteiger partial charge in [-0.05, 0) is 44.7 Å². The Labute approximate surface area is 124 Å². The number of ether oxygens (including phenoxy) is 1. The second kappa shape index (κ2) is 5.90. The van der Waals surface area contributed by atoms with Crippen LogP contribution in [0.25, 0.3) is 11.0 Å². The van der Waals surface area contributed by atoms with Crippen LogP contribution in [-0.4, -0.2) is 25.2 Å². The number of nitrogens with one attached hydrogen (secondary N) is 1. The van der Waals surface area contributed by atoms with Crippen molar-refractivity contribution in [3.8, 4) is 0 Å². The van der Waals surface area contributed by atoms with Gasteiger partial charge in [0.25, 0.3) is 5.91 Å². The minimum absolute atomic E-state index is 0.0455. The van der Waals surface area contributed by atoms with E-state index in [9.17, 15) is 4.79 Å². The fourth-order valence-electron chi connectivity index (χ4n) is 3.08. The maximum Gasteiger partial charge on any atom is 0.255 e. The second-order valence-electron chi connectivity index (χ2n) is 5.76. The molecule has 1 saturated carbocycles. The Kier molecular flexibility index (Phi) is 3.97. The SMILES string of the molecule is COC1CCC(NC(=O)c2cccc3cc(C)oc23)CC1. The number of aryl methyl sites for hydroxylation is 1. The van der Waals surface area contributed by atoms with Gasteiger partial charge in [0.05, 0.1) is 11.7 Å². The highest BCUT2D eigenvalue weighted by atomic mass is 16.5. The van der Waals surface area contributed by atoms with Crippen molar-refractivity contribution in [3.05, 3.63) is 35.6 Å². The Morgan fingerprint density at radius 2 is 2.05 bits per heavy atom. The summed E-state index contributed by atoms with van der Waals surface area (Å²) in [5, 5.41) is 4.10. The predicted octanol–water partition coefficient (Wildman–Crippen LogP) is 3.43. The summed E-state index contributed by atoms with van der Waals surface area (Å²) in [6, 6.07) is 7.87. The van der Waals surface area contributed by atoms with E-state index in [4.69, 9.17) is 9.15 Å². The van der Waals surface area contributed by atoms with E-state index in [2.05, 4.69) is 5.32 Å². The molecule has 1 aromatic heterocycles. The molecule has 2 aromatic rings. The fraction of sp³-hybridized carbons (Fsp3) is 0.471. The Balaban J connectivity index is 1.73. The monoisotopic (exact) mass is 287 g/mol. The van der Waals surface area contributed by atoms with Crippen LogP contribution in [0, 0.1) is 6.92 Å². The zero-order chi connectivity index (χ0) is 14.8. The topological polar surface area (TPSA) is 51.5 Å². The number of fused-ring (bicyclic) bond motifs is 1. The van der Waals surface area contributed by atoms with E-state index in [1.807, 2.05) is 31.2 Å². The van der Waals surface area contributed by atoms with E-state index < -0.39 is 0 Å². The molecule has 1 heterocycles. The van der Waals surface area contributed by atoms with E-state index in [1.165, 1.54) is 0 Å². The summed E-state index contributed by atoms with van der Waals surface area (Å²) < 4.78 is 11.0. The number of rotatable bonds is 3. The van der Waals surface area contributed by atoms with Crippen LogP contribution in [0.4, 0.5) is 0 Å². The number of methoxy groups -OCH3 is 1. The zero-order valence-corrected chi connectivity index (χ0v) is 12.5. The lowest BCUT2D eigenvalue weighted by molar-refractivity contribution is 0.0599. The molecule has 21 heavy (non-hydrogen) atoms.